The van der Waals surface area contributed by atoms with E-state index in [0.717, 1.165) is 30.7 Å². The van der Waals surface area contributed by atoms with Gasteiger partial charge in [0.1, 0.15) is 11.6 Å². The summed E-state index contributed by atoms with van der Waals surface area (Å²) in [6.45, 7) is 3.06. The molecule has 0 spiro atoms. The highest BCUT2D eigenvalue weighted by Crippen LogP contribution is 2.20. The summed E-state index contributed by atoms with van der Waals surface area (Å²) in [4.78, 5) is 11.9. The predicted octanol–water partition coefficient (Wildman–Crippen LogP) is 2.76. The quantitative estimate of drug-likeness (QED) is 0.646. The van der Waals surface area contributed by atoms with Gasteiger partial charge in [-0.05, 0) is 37.5 Å². The summed E-state index contributed by atoms with van der Waals surface area (Å²) < 4.78 is 5.42. The maximum absolute atomic E-state index is 11.9. The standard InChI is InChI=1S/C16H18ClN3O2/c1-11-4-5-13(7-15(11)17)19-9-12(8-18)16(21)20-10-14-3-2-6-22-14/h4-5,7,9,14,19H,2-3,6,10H2,1H3,(H,20,21)/b12-9-. The average Bonchev–Trinajstić information content (AvgIpc) is 3.02. The molecule has 1 aromatic rings. The van der Waals surface area contributed by atoms with Gasteiger partial charge in [0, 0.05) is 30.1 Å². The molecule has 1 atom stereocenters. The monoisotopic (exact) mass is 319 g/mol. The molecule has 2 rings (SSSR count). The molecule has 0 aliphatic carbocycles. The summed E-state index contributed by atoms with van der Waals surface area (Å²) in [6, 6.07) is 7.32. The Balaban J connectivity index is 1.92. The van der Waals surface area contributed by atoms with Gasteiger partial charge in [-0.25, -0.2) is 0 Å². The van der Waals surface area contributed by atoms with Gasteiger partial charge in [-0.15, -0.1) is 0 Å². The van der Waals surface area contributed by atoms with Crippen LogP contribution in [-0.4, -0.2) is 25.2 Å². The van der Waals surface area contributed by atoms with E-state index < -0.39 is 5.91 Å². The maximum Gasteiger partial charge on any atom is 0.263 e. The molecular weight excluding hydrogens is 302 g/mol. The number of nitrogens with zero attached hydrogens (tertiary/aromatic N) is 1. The van der Waals surface area contributed by atoms with Gasteiger partial charge >= 0.3 is 0 Å². The number of carbonyl (C=O) groups excluding carboxylic acids is 1. The first kappa shape index (κ1) is 16.3. The number of anilines is 1. The van der Waals surface area contributed by atoms with Gasteiger partial charge in [-0.2, -0.15) is 5.26 Å². The van der Waals surface area contributed by atoms with Crippen molar-refractivity contribution < 1.29 is 9.53 Å². The van der Waals surface area contributed by atoms with Crippen LogP contribution in [0.4, 0.5) is 5.69 Å². The van der Waals surface area contributed by atoms with Crippen LogP contribution in [-0.2, 0) is 9.53 Å². The highest BCUT2D eigenvalue weighted by Gasteiger charge is 2.17. The van der Waals surface area contributed by atoms with E-state index in [9.17, 15) is 4.79 Å². The molecule has 6 heteroatoms. The summed E-state index contributed by atoms with van der Waals surface area (Å²) >= 11 is 6.03. The molecule has 0 saturated carbocycles. The smallest absolute Gasteiger partial charge is 0.263 e. The van der Waals surface area contributed by atoms with Crippen LogP contribution in [0.1, 0.15) is 18.4 Å². The molecule has 1 amide bonds. The minimum absolute atomic E-state index is 0.00898. The number of nitriles is 1. The molecule has 0 radical (unpaired) electrons. The fourth-order valence-corrected chi connectivity index (χ4v) is 2.27. The van der Waals surface area contributed by atoms with Crippen molar-refractivity contribution in [3.05, 3.63) is 40.6 Å². The number of rotatable bonds is 5. The number of carbonyl (C=O) groups is 1. The molecule has 1 fully saturated rings. The summed E-state index contributed by atoms with van der Waals surface area (Å²) in [5, 5.41) is 15.3. The van der Waals surface area contributed by atoms with Crippen LogP contribution >= 0.6 is 11.6 Å². The lowest BCUT2D eigenvalue weighted by atomic mass is 10.2. The minimum Gasteiger partial charge on any atom is -0.376 e. The van der Waals surface area contributed by atoms with Crippen LogP contribution in [0.2, 0.25) is 5.02 Å². The fraction of sp³-hybridized carbons (Fsp3) is 0.375. The Hall–Kier alpha value is -2.03. The van der Waals surface area contributed by atoms with Crippen molar-refractivity contribution in [2.75, 3.05) is 18.5 Å². The van der Waals surface area contributed by atoms with Crippen molar-refractivity contribution in [3.63, 3.8) is 0 Å². The van der Waals surface area contributed by atoms with Crippen molar-refractivity contribution in [1.29, 1.82) is 5.26 Å². The third-order valence-corrected chi connectivity index (χ3v) is 3.84. The van der Waals surface area contributed by atoms with E-state index in [1.807, 2.05) is 25.1 Å². The molecular formula is C16H18ClN3O2. The van der Waals surface area contributed by atoms with E-state index in [2.05, 4.69) is 10.6 Å². The minimum atomic E-state index is -0.413. The Kier molecular flexibility index (Phi) is 5.82. The van der Waals surface area contributed by atoms with Gasteiger partial charge in [0.25, 0.3) is 5.91 Å². The molecule has 1 unspecified atom stereocenters. The lowest BCUT2D eigenvalue weighted by Gasteiger charge is -2.10. The molecule has 5 nitrogen and oxygen atoms in total. The molecule has 1 heterocycles. The van der Waals surface area contributed by atoms with Gasteiger partial charge in [0.05, 0.1) is 6.10 Å². The van der Waals surface area contributed by atoms with Crippen LogP contribution in [0.25, 0.3) is 0 Å². The third-order valence-electron chi connectivity index (χ3n) is 3.43. The largest absolute Gasteiger partial charge is 0.376 e. The van der Waals surface area contributed by atoms with Crippen molar-refractivity contribution >= 4 is 23.2 Å². The van der Waals surface area contributed by atoms with E-state index in [1.165, 1.54) is 6.20 Å². The van der Waals surface area contributed by atoms with Gasteiger partial charge in [0.2, 0.25) is 0 Å². The summed E-state index contributed by atoms with van der Waals surface area (Å²) in [5.74, 6) is -0.413. The average molecular weight is 320 g/mol. The zero-order valence-electron chi connectivity index (χ0n) is 12.4. The second kappa shape index (κ2) is 7.83. The van der Waals surface area contributed by atoms with Crippen LogP contribution in [0, 0.1) is 18.3 Å². The van der Waals surface area contributed by atoms with Gasteiger partial charge in [-0.3, -0.25) is 4.79 Å². The zero-order chi connectivity index (χ0) is 15.9. The van der Waals surface area contributed by atoms with Gasteiger partial charge in [-0.1, -0.05) is 17.7 Å². The molecule has 22 heavy (non-hydrogen) atoms. The SMILES string of the molecule is Cc1ccc(N/C=C(/C#N)C(=O)NCC2CCCO2)cc1Cl. The number of nitrogens with one attached hydrogen (secondary N) is 2. The maximum atomic E-state index is 11.9. The Morgan fingerprint density at radius 2 is 2.41 bits per heavy atom. The number of hydrogen-bond donors (Lipinski definition) is 2. The molecule has 1 aliphatic heterocycles. The van der Waals surface area contributed by atoms with Crippen molar-refractivity contribution in [2.24, 2.45) is 0 Å². The number of halogens is 1. The van der Waals surface area contributed by atoms with E-state index in [0.29, 0.717) is 11.6 Å². The Morgan fingerprint density at radius 1 is 1.59 bits per heavy atom. The van der Waals surface area contributed by atoms with Crippen molar-refractivity contribution in [3.8, 4) is 6.07 Å². The first-order valence-corrected chi connectivity index (χ1v) is 7.50. The van der Waals surface area contributed by atoms with Gasteiger partial charge in [0.15, 0.2) is 0 Å². The molecule has 116 valence electrons. The zero-order valence-corrected chi connectivity index (χ0v) is 13.1. The van der Waals surface area contributed by atoms with Gasteiger partial charge < -0.3 is 15.4 Å². The Labute approximate surface area is 134 Å². The van der Waals surface area contributed by atoms with E-state index in [1.54, 1.807) is 6.07 Å². The lowest BCUT2D eigenvalue weighted by molar-refractivity contribution is -0.117. The van der Waals surface area contributed by atoms with Crippen LogP contribution in [0.15, 0.2) is 30.0 Å². The predicted molar refractivity (Wildman–Crippen MR) is 85.5 cm³/mol. The molecule has 1 saturated heterocycles. The fourth-order valence-electron chi connectivity index (χ4n) is 2.09. The topological polar surface area (TPSA) is 74.2 Å². The third kappa shape index (κ3) is 4.48. The first-order chi connectivity index (χ1) is 10.6. The highest BCUT2D eigenvalue weighted by atomic mass is 35.5. The highest BCUT2D eigenvalue weighted by molar-refractivity contribution is 6.31. The van der Waals surface area contributed by atoms with Crippen LogP contribution in [0.3, 0.4) is 0 Å². The van der Waals surface area contributed by atoms with E-state index in [-0.39, 0.29) is 11.7 Å². The summed E-state index contributed by atoms with van der Waals surface area (Å²) in [5.41, 5.74) is 1.69. The Morgan fingerprint density at radius 3 is 3.05 bits per heavy atom. The Bertz CT molecular complexity index is 616. The number of hydrogen-bond acceptors (Lipinski definition) is 4. The molecule has 1 aromatic carbocycles. The second-order valence-electron chi connectivity index (χ2n) is 5.12. The van der Waals surface area contributed by atoms with Crippen LogP contribution < -0.4 is 10.6 Å². The van der Waals surface area contributed by atoms with E-state index in [4.69, 9.17) is 21.6 Å². The summed E-state index contributed by atoms with van der Waals surface area (Å²) in [6.07, 6.45) is 3.38. The lowest BCUT2D eigenvalue weighted by Crippen LogP contribution is -2.32. The first-order valence-electron chi connectivity index (χ1n) is 7.13. The summed E-state index contributed by atoms with van der Waals surface area (Å²) in [7, 11) is 0. The molecule has 2 N–H and O–H groups in total. The van der Waals surface area contributed by atoms with Crippen molar-refractivity contribution in [2.45, 2.75) is 25.9 Å². The molecule has 0 bridgehead atoms. The number of amides is 1. The number of ether oxygens (including phenoxy) is 1. The molecule has 1 aliphatic rings. The number of benzene rings is 1. The van der Waals surface area contributed by atoms with Crippen LogP contribution in [0.5, 0.6) is 0 Å². The van der Waals surface area contributed by atoms with E-state index >= 15 is 0 Å². The van der Waals surface area contributed by atoms with Crippen molar-refractivity contribution in [1.82, 2.24) is 5.32 Å². The molecule has 0 aromatic heterocycles. The number of aryl methyl sites for hydroxylation is 1. The normalized spacial score (nSPS) is 17.9. The second-order valence-corrected chi connectivity index (χ2v) is 5.53.